The number of carbonyl (C=O) groups is 1. The molecule has 16 heavy (non-hydrogen) atoms. The molecule has 0 aliphatic carbocycles. The Morgan fingerprint density at radius 2 is 2.19 bits per heavy atom. The summed E-state index contributed by atoms with van der Waals surface area (Å²) in [6, 6.07) is 3.03. The van der Waals surface area contributed by atoms with Crippen molar-refractivity contribution in [3.63, 3.8) is 0 Å². The first kappa shape index (κ1) is 13.0. The minimum Gasteiger partial charge on any atom is -0.494 e. The molecular formula is C12H16ClNO2. The van der Waals surface area contributed by atoms with Crippen LogP contribution in [0.2, 0.25) is 5.02 Å². The van der Waals surface area contributed by atoms with Crippen molar-refractivity contribution >= 4 is 17.4 Å². The smallest absolute Gasteiger partial charge is 0.183 e. The van der Waals surface area contributed by atoms with Crippen LogP contribution in [0.3, 0.4) is 0 Å². The van der Waals surface area contributed by atoms with Crippen LogP contribution in [0.1, 0.15) is 29.8 Å². The number of ketones is 1. The molecule has 0 spiro atoms. The third-order valence-corrected chi connectivity index (χ3v) is 2.68. The summed E-state index contributed by atoms with van der Waals surface area (Å²) < 4.78 is 5.14. The largest absolute Gasteiger partial charge is 0.494 e. The molecule has 0 saturated heterocycles. The molecule has 1 aromatic rings. The molecule has 1 atom stereocenters. The number of aryl methyl sites for hydroxylation is 1. The second-order valence-corrected chi connectivity index (χ2v) is 4.07. The lowest BCUT2D eigenvalue weighted by atomic mass is 10.0. The summed E-state index contributed by atoms with van der Waals surface area (Å²) in [5.74, 6) is 0.246. The Balaban J connectivity index is 3.33. The fourth-order valence-corrected chi connectivity index (χ4v) is 1.81. The molecule has 0 fully saturated rings. The standard InChI is InChI=1S/C12H16ClNO2/c1-4-8-5-9(11(15)7(2)14)12(16-3)10(13)6-8/h5-7H,4,14H2,1-3H3. The number of Topliss-reactive ketones (excluding diaryl/α,β-unsaturated/α-hetero) is 1. The zero-order chi connectivity index (χ0) is 12.3. The average Bonchev–Trinajstić information content (AvgIpc) is 2.26. The van der Waals surface area contributed by atoms with E-state index in [4.69, 9.17) is 22.1 Å². The Hall–Kier alpha value is -1.06. The highest BCUT2D eigenvalue weighted by Gasteiger charge is 2.19. The second kappa shape index (κ2) is 5.32. The molecular weight excluding hydrogens is 226 g/mol. The van der Waals surface area contributed by atoms with E-state index in [9.17, 15) is 4.79 Å². The zero-order valence-electron chi connectivity index (χ0n) is 9.71. The van der Waals surface area contributed by atoms with Crippen molar-refractivity contribution in [1.29, 1.82) is 0 Å². The monoisotopic (exact) mass is 241 g/mol. The van der Waals surface area contributed by atoms with E-state index >= 15 is 0 Å². The van der Waals surface area contributed by atoms with Gasteiger partial charge in [-0.2, -0.15) is 0 Å². The number of hydrogen-bond acceptors (Lipinski definition) is 3. The van der Waals surface area contributed by atoms with Gasteiger partial charge in [-0.15, -0.1) is 0 Å². The van der Waals surface area contributed by atoms with Crippen LogP contribution in [0.15, 0.2) is 12.1 Å². The Bertz CT molecular complexity index is 402. The topological polar surface area (TPSA) is 52.3 Å². The van der Waals surface area contributed by atoms with Crippen LogP contribution in [-0.4, -0.2) is 18.9 Å². The molecule has 0 aliphatic rings. The van der Waals surface area contributed by atoms with Crippen molar-refractivity contribution in [3.05, 3.63) is 28.3 Å². The van der Waals surface area contributed by atoms with Gasteiger partial charge in [-0.3, -0.25) is 4.79 Å². The van der Waals surface area contributed by atoms with Crippen LogP contribution in [0.25, 0.3) is 0 Å². The maximum absolute atomic E-state index is 11.9. The van der Waals surface area contributed by atoms with Crippen LogP contribution in [0, 0.1) is 0 Å². The van der Waals surface area contributed by atoms with Gasteiger partial charge in [-0.1, -0.05) is 18.5 Å². The Morgan fingerprint density at radius 1 is 1.56 bits per heavy atom. The van der Waals surface area contributed by atoms with Crippen molar-refractivity contribution in [2.45, 2.75) is 26.3 Å². The van der Waals surface area contributed by atoms with E-state index in [2.05, 4.69) is 0 Å². The van der Waals surface area contributed by atoms with E-state index in [-0.39, 0.29) is 5.78 Å². The molecule has 1 unspecified atom stereocenters. The molecule has 1 aromatic carbocycles. The van der Waals surface area contributed by atoms with E-state index < -0.39 is 6.04 Å². The lowest BCUT2D eigenvalue weighted by molar-refractivity contribution is 0.0965. The minimum atomic E-state index is -0.558. The van der Waals surface area contributed by atoms with Gasteiger partial charge in [-0.05, 0) is 31.0 Å². The SMILES string of the molecule is CCc1cc(Cl)c(OC)c(C(=O)C(C)N)c1. The first-order valence-corrected chi connectivity index (χ1v) is 5.55. The molecule has 0 amide bonds. The summed E-state index contributed by atoms with van der Waals surface area (Å²) in [7, 11) is 1.49. The molecule has 4 heteroatoms. The highest BCUT2D eigenvalue weighted by molar-refractivity contribution is 6.32. The third kappa shape index (κ3) is 2.54. The highest BCUT2D eigenvalue weighted by Crippen LogP contribution is 2.31. The molecule has 3 nitrogen and oxygen atoms in total. The minimum absolute atomic E-state index is 0.158. The van der Waals surface area contributed by atoms with Crippen molar-refractivity contribution in [1.82, 2.24) is 0 Å². The van der Waals surface area contributed by atoms with E-state index in [1.54, 1.807) is 19.1 Å². The molecule has 88 valence electrons. The number of hydrogen-bond donors (Lipinski definition) is 1. The van der Waals surface area contributed by atoms with Crippen LogP contribution >= 0.6 is 11.6 Å². The van der Waals surface area contributed by atoms with E-state index in [0.717, 1.165) is 12.0 Å². The quantitative estimate of drug-likeness (QED) is 0.824. The van der Waals surface area contributed by atoms with Gasteiger partial charge in [0.15, 0.2) is 5.78 Å². The number of benzene rings is 1. The van der Waals surface area contributed by atoms with Gasteiger partial charge in [0, 0.05) is 0 Å². The second-order valence-electron chi connectivity index (χ2n) is 3.66. The van der Waals surface area contributed by atoms with E-state index in [0.29, 0.717) is 16.3 Å². The number of ether oxygens (including phenoxy) is 1. The van der Waals surface area contributed by atoms with Gasteiger partial charge in [-0.25, -0.2) is 0 Å². The predicted octanol–water partition coefficient (Wildman–Crippen LogP) is 2.44. The van der Waals surface area contributed by atoms with E-state index in [1.165, 1.54) is 7.11 Å². The fourth-order valence-electron chi connectivity index (χ4n) is 1.49. The lowest BCUT2D eigenvalue weighted by Gasteiger charge is -2.13. The molecule has 0 heterocycles. The molecule has 0 aromatic heterocycles. The van der Waals surface area contributed by atoms with Crippen molar-refractivity contribution in [2.24, 2.45) is 5.73 Å². The summed E-state index contributed by atoms with van der Waals surface area (Å²) in [4.78, 5) is 11.9. The third-order valence-electron chi connectivity index (χ3n) is 2.39. The van der Waals surface area contributed by atoms with Gasteiger partial charge in [0.25, 0.3) is 0 Å². The van der Waals surface area contributed by atoms with Crippen molar-refractivity contribution in [3.8, 4) is 5.75 Å². The molecule has 0 bridgehead atoms. The molecule has 0 radical (unpaired) electrons. The average molecular weight is 242 g/mol. The number of carbonyl (C=O) groups excluding carboxylic acids is 1. The number of halogens is 1. The maximum Gasteiger partial charge on any atom is 0.183 e. The fraction of sp³-hybridized carbons (Fsp3) is 0.417. The van der Waals surface area contributed by atoms with Crippen LogP contribution < -0.4 is 10.5 Å². The predicted molar refractivity (Wildman–Crippen MR) is 65.4 cm³/mol. The highest BCUT2D eigenvalue weighted by atomic mass is 35.5. The summed E-state index contributed by atoms with van der Waals surface area (Å²) in [5.41, 5.74) is 7.04. The van der Waals surface area contributed by atoms with Gasteiger partial charge >= 0.3 is 0 Å². The number of methoxy groups -OCH3 is 1. The van der Waals surface area contributed by atoms with Crippen molar-refractivity contribution < 1.29 is 9.53 Å². The number of rotatable bonds is 4. The zero-order valence-corrected chi connectivity index (χ0v) is 10.5. The van der Waals surface area contributed by atoms with Crippen LogP contribution in [-0.2, 0) is 6.42 Å². The van der Waals surface area contributed by atoms with Gasteiger partial charge in [0.1, 0.15) is 5.75 Å². The first-order chi connectivity index (χ1) is 7.51. The summed E-state index contributed by atoms with van der Waals surface area (Å²) in [6.07, 6.45) is 0.808. The Labute approximate surface area is 101 Å². The summed E-state index contributed by atoms with van der Waals surface area (Å²) in [5, 5.41) is 0.450. The van der Waals surface area contributed by atoms with Crippen LogP contribution in [0.4, 0.5) is 0 Å². The Morgan fingerprint density at radius 3 is 2.62 bits per heavy atom. The molecule has 0 aliphatic heterocycles. The summed E-state index contributed by atoms with van der Waals surface area (Å²) in [6.45, 7) is 3.65. The van der Waals surface area contributed by atoms with Gasteiger partial charge in [0.2, 0.25) is 0 Å². The Kier molecular flexibility index (Phi) is 4.33. The number of nitrogens with two attached hydrogens (primary N) is 1. The van der Waals surface area contributed by atoms with Crippen LogP contribution in [0.5, 0.6) is 5.75 Å². The maximum atomic E-state index is 11.9. The molecule has 2 N–H and O–H groups in total. The first-order valence-electron chi connectivity index (χ1n) is 5.17. The van der Waals surface area contributed by atoms with Gasteiger partial charge < -0.3 is 10.5 Å². The van der Waals surface area contributed by atoms with Crippen molar-refractivity contribution in [2.75, 3.05) is 7.11 Å². The molecule has 0 saturated carbocycles. The lowest BCUT2D eigenvalue weighted by Crippen LogP contribution is -2.27. The normalized spacial score (nSPS) is 12.3. The summed E-state index contributed by atoms with van der Waals surface area (Å²) >= 11 is 6.04. The van der Waals surface area contributed by atoms with Gasteiger partial charge in [0.05, 0.1) is 23.7 Å². The molecule has 1 rings (SSSR count). The van der Waals surface area contributed by atoms with E-state index in [1.807, 2.05) is 6.92 Å².